The minimum absolute atomic E-state index is 0.108. The fourth-order valence-corrected chi connectivity index (χ4v) is 4.02. The van der Waals surface area contributed by atoms with Gasteiger partial charge in [0.1, 0.15) is 0 Å². The Balaban J connectivity index is 1.94. The van der Waals surface area contributed by atoms with Crippen molar-refractivity contribution in [1.29, 1.82) is 0 Å². The van der Waals surface area contributed by atoms with Crippen molar-refractivity contribution in [3.05, 3.63) is 30.1 Å². The summed E-state index contributed by atoms with van der Waals surface area (Å²) in [5, 5.41) is 3.24. The Labute approximate surface area is 102 Å². The lowest BCUT2D eigenvalue weighted by atomic mass is 10.0. The van der Waals surface area contributed by atoms with Gasteiger partial charge in [0.05, 0.1) is 11.5 Å². The number of nitrogens with zero attached hydrogens (tertiary/aromatic N) is 1. The lowest BCUT2D eigenvalue weighted by molar-refractivity contribution is 0.404. The van der Waals surface area contributed by atoms with E-state index in [0.29, 0.717) is 0 Å². The number of sulfone groups is 1. The van der Waals surface area contributed by atoms with Gasteiger partial charge in [-0.2, -0.15) is 0 Å². The molecule has 0 aromatic carbocycles. The molecule has 1 aromatic rings. The van der Waals surface area contributed by atoms with Crippen LogP contribution in [0.1, 0.15) is 18.4 Å². The van der Waals surface area contributed by atoms with Crippen LogP contribution in [0.3, 0.4) is 0 Å². The summed E-state index contributed by atoms with van der Waals surface area (Å²) in [7, 11) is -3.01. The summed E-state index contributed by atoms with van der Waals surface area (Å²) in [5.74, 6) is 0.664. The van der Waals surface area contributed by atoms with Crippen molar-refractivity contribution in [3.8, 4) is 0 Å². The molecule has 1 atom stereocenters. The molecule has 1 aromatic heterocycles. The van der Waals surface area contributed by atoms with Gasteiger partial charge in [0.25, 0.3) is 0 Å². The SMILES string of the molecule is O=S(=O)(Cc1cccnc1)CC1CCCNC1. The van der Waals surface area contributed by atoms with Gasteiger partial charge in [0, 0.05) is 12.4 Å². The molecule has 0 bridgehead atoms. The summed E-state index contributed by atoms with van der Waals surface area (Å²) >= 11 is 0. The van der Waals surface area contributed by atoms with Crippen LogP contribution >= 0.6 is 0 Å². The minimum atomic E-state index is -3.01. The zero-order valence-electron chi connectivity index (χ0n) is 9.80. The first-order valence-electron chi connectivity index (χ1n) is 5.96. The predicted octanol–water partition coefficient (Wildman–Crippen LogP) is 0.996. The first-order valence-corrected chi connectivity index (χ1v) is 7.78. The topological polar surface area (TPSA) is 59.1 Å². The molecule has 0 amide bonds. The van der Waals surface area contributed by atoms with E-state index in [2.05, 4.69) is 10.3 Å². The fourth-order valence-electron chi connectivity index (χ4n) is 2.22. The maximum atomic E-state index is 12.0. The second kappa shape index (κ2) is 5.60. The summed E-state index contributed by atoms with van der Waals surface area (Å²) in [6.45, 7) is 1.84. The van der Waals surface area contributed by atoms with Gasteiger partial charge in [-0.15, -0.1) is 0 Å². The molecule has 1 saturated heterocycles. The Kier molecular flexibility index (Phi) is 4.12. The van der Waals surface area contributed by atoms with Crippen LogP contribution in [-0.4, -0.2) is 32.2 Å². The first kappa shape index (κ1) is 12.5. The van der Waals surface area contributed by atoms with Gasteiger partial charge in [-0.1, -0.05) is 6.07 Å². The van der Waals surface area contributed by atoms with Gasteiger partial charge in [-0.25, -0.2) is 8.42 Å². The molecule has 0 spiro atoms. The number of hydrogen-bond donors (Lipinski definition) is 1. The van der Waals surface area contributed by atoms with Crippen molar-refractivity contribution < 1.29 is 8.42 Å². The Morgan fingerprint density at radius 1 is 1.47 bits per heavy atom. The molecule has 4 nitrogen and oxygen atoms in total. The largest absolute Gasteiger partial charge is 0.316 e. The van der Waals surface area contributed by atoms with Crippen molar-refractivity contribution in [2.75, 3.05) is 18.8 Å². The third-order valence-electron chi connectivity index (χ3n) is 3.00. The third-order valence-corrected chi connectivity index (χ3v) is 4.75. The van der Waals surface area contributed by atoms with Crippen LogP contribution in [0.15, 0.2) is 24.5 Å². The van der Waals surface area contributed by atoms with Gasteiger partial charge in [-0.05, 0) is 43.5 Å². The lowest BCUT2D eigenvalue weighted by Crippen LogP contribution is -2.34. The monoisotopic (exact) mass is 254 g/mol. The fraction of sp³-hybridized carbons (Fsp3) is 0.583. The molecule has 94 valence electrons. The average Bonchev–Trinajstić information content (AvgIpc) is 2.30. The normalized spacial score (nSPS) is 21.3. The molecule has 0 aliphatic carbocycles. The van der Waals surface area contributed by atoms with Gasteiger partial charge in [-0.3, -0.25) is 4.98 Å². The van der Waals surface area contributed by atoms with Crippen molar-refractivity contribution in [2.24, 2.45) is 5.92 Å². The van der Waals surface area contributed by atoms with Crippen molar-refractivity contribution in [1.82, 2.24) is 10.3 Å². The molecule has 1 N–H and O–H groups in total. The molecular formula is C12H18N2O2S. The standard InChI is InChI=1S/C12H18N2O2S/c15-17(16,9-11-3-1-5-13-7-11)10-12-4-2-6-14-8-12/h1,3,5,7,12,14H,2,4,6,8-10H2. The van der Waals surface area contributed by atoms with Gasteiger partial charge in [0.15, 0.2) is 9.84 Å². The molecule has 17 heavy (non-hydrogen) atoms. The second-order valence-corrected chi connectivity index (χ2v) is 6.74. The molecular weight excluding hydrogens is 236 g/mol. The minimum Gasteiger partial charge on any atom is -0.316 e. The van der Waals surface area contributed by atoms with Crippen molar-refractivity contribution in [3.63, 3.8) is 0 Å². The Morgan fingerprint density at radius 2 is 2.35 bits per heavy atom. The highest BCUT2D eigenvalue weighted by Crippen LogP contribution is 2.15. The second-order valence-electron chi connectivity index (χ2n) is 4.63. The van der Waals surface area contributed by atoms with E-state index in [1.807, 2.05) is 6.07 Å². The highest BCUT2D eigenvalue weighted by molar-refractivity contribution is 7.90. The third kappa shape index (κ3) is 4.09. The maximum absolute atomic E-state index is 12.0. The summed E-state index contributed by atoms with van der Waals surface area (Å²) in [6.07, 6.45) is 5.37. The zero-order chi connectivity index (χ0) is 12.1. The highest BCUT2D eigenvalue weighted by Gasteiger charge is 2.21. The van der Waals surface area contributed by atoms with Crippen LogP contribution in [0.2, 0.25) is 0 Å². The van der Waals surface area contributed by atoms with E-state index in [-0.39, 0.29) is 17.4 Å². The molecule has 2 rings (SSSR count). The Hall–Kier alpha value is -0.940. The lowest BCUT2D eigenvalue weighted by Gasteiger charge is -2.22. The van der Waals surface area contributed by atoms with Gasteiger partial charge in [0.2, 0.25) is 0 Å². The molecule has 1 fully saturated rings. The van der Waals surface area contributed by atoms with E-state index in [1.54, 1.807) is 18.5 Å². The van der Waals surface area contributed by atoms with E-state index in [0.717, 1.165) is 31.5 Å². The number of pyridine rings is 1. The van der Waals surface area contributed by atoms with E-state index in [4.69, 9.17) is 0 Å². The predicted molar refractivity (Wildman–Crippen MR) is 67.3 cm³/mol. The van der Waals surface area contributed by atoms with Crippen LogP contribution in [0.25, 0.3) is 0 Å². The summed E-state index contributed by atoms with van der Waals surface area (Å²) in [5.41, 5.74) is 0.774. The van der Waals surface area contributed by atoms with Gasteiger partial charge < -0.3 is 5.32 Å². The molecule has 0 radical (unpaired) electrons. The maximum Gasteiger partial charge on any atom is 0.154 e. The summed E-state index contributed by atoms with van der Waals surface area (Å²) in [6, 6.07) is 3.58. The number of rotatable bonds is 4. The summed E-state index contributed by atoms with van der Waals surface area (Å²) < 4.78 is 24.0. The Morgan fingerprint density at radius 3 is 3.00 bits per heavy atom. The molecule has 1 aliphatic heterocycles. The molecule has 1 unspecified atom stereocenters. The van der Waals surface area contributed by atoms with Crippen LogP contribution in [-0.2, 0) is 15.6 Å². The van der Waals surface area contributed by atoms with E-state index in [1.165, 1.54) is 0 Å². The zero-order valence-corrected chi connectivity index (χ0v) is 10.6. The van der Waals surface area contributed by atoms with E-state index >= 15 is 0 Å². The van der Waals surface area contributed by atoms with Crippen molar-refractivity contribution in [2.45, 2.75) is 18.6 Å². The quantitative estimate of drug-likeness (QED) is 0.870. The van der Waals surface area contributed by atoms with Crippen LogP contribution in [0.4, 0.5) is 0 Å². The highest BCUT2D eigenvalue weighted by atomic mass is 32.2. The molecule has 2 heterocycles. The van der Waals surface area contributed by atoms with E-state index < -0.39 is 9.84 Å². The molecule has 0 saturated carbocycles. The number of aromatic nitrogens is 1. The number of nitrogens with one attached hydrogen (secondary N) is 1. The molecule has 1 aliphatic rings. The smallest absolute Gasteiger partial charge is 0.154 e. The number of hydrogen-bond acceptors (Lipinski definition) is 4. The average molecular weight is 254 g/mol. The molecule has 5 heteroatoms. The van der Waals surface area contributed by atoms with Crippen LogP contribution in [0.5, 0.6) is 0 Å². The summed E-state index contributed by atoms with van der Waals surface area (Å²) in [4.78, 5) is 3.94. The number of piperidine rings is 1. The Bertz CT molecular complexity index is 439. The van der Waals surface area contributed by atoms with Crippen molar-refractivity contribution >= 4 is 9.84 Å². The van der Waals surface area contributed by atoms with Crippen LogP contribution < -0.4 is 5.32 Å². The van der Waals surface area contributed by atoms with Gasteiger partial charge >= 0.3 is 0 Å². The first-order chi connectivity index (χ1) is 8.16. The van der Waals surface area contributed by atoms with Crippen LogP contribution in [0, 0.1) is 5.92 Å². The van der Waals surface area contributed by atoms with E-state index in [9.17, 15) is 8.42 Å².